The average molecular weight is 872 g/mol. The molecule has 0 N–H and O–H groups in total. The Morgan fingerprint density at radius 3 is 1.87 bits per heavy atom. The molecule has 14 aromatic rings. The van der Waals surface area contributed by atoms with Gasteiger partial charge in [-0.2, -0.15) is 0 Å². The molecule has 67 heavy (non-hydrogen) atoms. The van der Waals surface area contributed by atoms with Crippen LogP contribution in [0.3, 0.4) is 0 Å². The molecule has 0 bridgehead atoms. The standard InChI is InChI=1S/C61H37N5S/c1-3-13-38(14-4-1)53-36-60(64-61(63-53)39-15-5-2-6-16-39)66-55-22-12-10-20-47(55)50-32-40(24-27-56(50)66)43-31-41-17-7-8-18-45(41)49(33-43)42-23-26-48-46-19-9-11-21-54(46)65(57(48)34-42)44-25-28-58-51(35-44)52-37-62-30-29-59(52)67-58/h1-37H. The minimum absolute atomic E-state index is 0.691. The van der Waals surface area contributed by atoms with Crippen LogP contribution in [0.2, 0.25) is 0 Å². The Labute approximate surface area is 389 Å². The van der Waals surface area contributed by atoms with Gasteiger partial charge in [0.1, 0.15) is 5.82 Å². The van der Waals surface area contributed by atoms with Crippen molar-refractivity contribution in [3.63, 3.8) is 0 Å². The van der Waals surface area contributed by atoms with Gasteiger partial charge in [-0.15, -0.1) is 11.3 Å². The van der Waals surface area contributed by atoms with Crippen molar-refractivity contribution in [1.29, 1.82) is 0 Å². The SMILES string of the molecule is c1ccc(-c2cc(-n3c4ccccc4c4cc(-c5cc(-c6ccc7c8ccccc8n(-c8ccc9sc%10ccncc%10c9c8)c7c6)c6ccccc6c5)ccc43)nc(-c3ccccc3)n2)cc1. The van der Waals surface area contributed by atoms with Crippen molar-refractivity contribution in [2.45, 2.75) is 0 Å². The van der Waals surface area contributed by atoms with Crippen molar-refractivity contribution in [1.82, 2.24) is 24.1 Å². The van der Waals surface area contributed by atoms with E-state index < -0.39 is 0 Å². The van der Waals surface area contributed by atoms with Gasteiger partial charge in [-0.3, -0.25) is 9.55 Å². The first-order chi connectivity index (χ1) is 33.2. The van der Waals surface area contributed by atoms with Gasteiger partial charge in [-0.1, -0.05) is 140 Å². The summed E-state index contributed by atoms with van der Waals surface area (Å²) in [6.07, 6.45) is 3.88. The highest BCUT2D eigenvalue weighted by Crippen LogP contribution is 2.42. The summed E-state index contributed by atoms with van der Waals surface area (Å²) in [5.74, 6) is 1.52. The van der Waals surface area contributed by atoms with Gasteiger partial charge < -0.3 is 4.57 Å². The van der Waals surface area contributed by atoms with E-state index in [2.05, 4.69) is 202 Å². The Kier molecular flexibility index (Phi) is 8.38. The molecule has 0 atom stereocenters. The lowest BCUT2D eigenvalue weighted by molar-refractivity contribution is 1.05. The lowest BCUT2D eigenvalue weighted by atomic mass is 9.92. The predicted octanol–water partition coefficient (Wildman–Crippen LogP) is 16.3. The number of aromatic nitrogens is 5. The van der Waals surface area contributed by atoms with Crippen LogP contribution in [0.1, 0.15) is 0 Å². The third kappa shape index (κ3) is 6.04. The molecule has 0 radical (unpaired) electrons. The largest absolute Gasteiger partial charge is 0.309 e. The first kappa shape index (κ1) is 37.6. The zero-order chi connectivity index (χ0) is 44.0. The minimum atomic E-state index is 0.691. The van der Waals surface area contributed by atoms with Crippen LogP contribution in [0.15, 0.2) is 225 Å². The lowest BCUT2D eigenvalue weighted by Gasteiger charge is -2.14. The van der Waals surface area contributed by atoms with Gasteiger partial charge in [0.2, 0.25) is 0 Å². The number of hydrogen-bond donors (Lipinski definition) is 0. The fourth-order valence-electron chi connectivity index (χ4n) is 10.3. The van der Waals surface area contributed by atoms with Gasteiger partial charge in [-0.05, 0) is 99.8 Å². The van der Waals surface area contributed by atoms with Gasteiger partial charge in [-0.25, -0.2) is 9.97 Å². The maximum atomic E-state index is 5.26. The molecule has 0 spiro atoms. The summed E-state index contributed by atoms with van der Waals surface area (Å²) < 4.78 is 7.25. The molecule has 0 fully saturated rings. The second-order valence-corrected chi connectivity index (χ2v) is 18.3. The van der Waals surface area contributed by atoms with Crippen LogP contribution in [-0.4, -0.2) is 24.1 Å². The molecular formula is C61H37N5S. The molecule has 0 aliphatic heterocycles. The number of benzene rings is 9. The highest BCUT2D eigenvalue weighted by molar-refractivity contribution is 7.25. The third-order valence-electron chi connectivity index (χ3n) is 13.4. The summed E-state index contributed by atoms with van der Waals surface area (Å²) in [5, 5.41) is 9.65. The fraction of sp³-hybridized carbons (Fsp3) is 0. The second-order valence-electron chi connectivity index (χ2n) is 17.2. The smallest absolute Gasteiger partial charge is 0.162 e. The Morgan fingerprint density at radius 2 is 1.03 bits per heavy atom. The van der Waals surface area contributed by atoms with E-state index in [4.69, 9.17) is 9.97 Å². The summed E-state index contributed by atoms with van der Waals surface area (Å²) in [6.45, 7) is 0. The first-order valence-corrected chi connectivity index (χ1v) is 23.4. The second kappa shape index (κ2) is 14.9. The molecule has 5 heterocycles. The predicted molar refractivity (Wildman–Crippen MR) is 281 cm³/mol. The number of rotatable bonds is 6. The molecule has 14 rings (SSSR count). The van der Waals surface area contributed by atoms with Gasteiger partial charge in [0.05, 0.1) is 27.8 Å². The highest BCUT2D eigenvalue weighted by Gasteiger charge is 2.20. The Bertz CT molecular complexity index is 4220. The fourth-order valence-corrected chi connectivity index (χ4v) is 11.4. The molecular weight excluding hydrogens is 835 g/mol. The summed E-state index contributed by atoms with van der Waals surface area (Å²) >= 11 is 1.82. The van der Waals surface area contributed by atoms with E-state index in [0.717, 1.165) is 50.5 Å². The van der Waals surface area contributed by atoms with Crippen molar-refractivity contribution in [3.8, 4) is 56.4 Å². The van der Waals surface area contributed by atoms with Crippen molar-refractivity contribution in [3.05, 3.63) is 225 Å². The summed E-state index contributed by atoms with van der Waals surface area (Å²) in [5.41, 5.74) is 13.3. The van der Waals surface area contributed by atoms with E-state index in [1.54, 1.807) is 0 Å². The van der Waals surface area contributed by atoms with E-state index in [-0.39, 0.29) is 0 Å². The molecule has 0 unspecified atom stereocenters. The van der Waals surface area contributed by atoms with Gasteiger partial charge in [0, 0.05) is 77.0 Å². The van der Waals surface area contributed by atoms with E-state index in [1.807, 2.05) is 48.0 Å². The van der Waals surface area contributed by atoms with Crippen molar-refractivity contribution >= 4 is 85.9 Å². The van der Waals surface area contributed by atoms with E-state index in [9.17, 15) is 0 Å². The molecule has 9 aromatic carbocycles. The van der Waals surface area contributed by atoms with E-state index in [1.165, 1.54) is 74.6 Å². The zero-order valence-corrected chi connectivity index (χ0v) is 36.8. The number of pyridine rings is 1. The quantitative estimate of drug-likeness (QED) is 0.167. The van der Waals surface area contributed by atoms with Crippen molar-refractivity contribution in [2.24, 2.45) is 0 Å². The van der Waals surface area contributed by atoms with E-state index in [0.29, 0.717) is 5.82 Å². The number of nitrogens with zero attached hydrogens (tertiary/aromatic N) is 5. The van der Waals surface area contributed by atoms with Crippen LogP contribution in [0.25, 0.3) is 131 Å². The van der Waals surface area contributed by atoms with Gasteiger partial charge >= 0.3 is 0 Å². The normalized spacial score (nSPS) is 11.9. The summed E-state index contributed by atoms with van der Waals surface area (Å²) in [6, 6.07) is 76.6. The Hall–Kier alpha value is -8.71. The van der Waals surface area contributed by atoms with Crippen LogP contribution >= 0.6 is 11.3 Å². The van der Waals surface area contributed by atoms with Crippen LogP contribution in [0.5, 0.6) is 0 Å². The monoisotopic (exact) mass is 871 g/mol. The lowest BCUT2D eigenvalue weighted by Crippen LogP contribution is -2.02. The first-order valence-electron chi connectivity index (χ1n) is 22.6. The van der Waals surface area contributed by atoms with Crippen LogP contribution < -0.4 is 0 Å². The number of thiophene rings is 1. The molecule has 0 saturated carbocycles. The third-order valence-corrected chi connectivity index (χ3v) is 14.6. The molecule has 0 aliphatic carbocycles. The van der Waals surface area contributed by atoms with E-state index >= 15 is 0 Å². The maximum Gasteiger partial charge on any atom is 0.162 e. The molecule has 5 nitrogen and oxygen atoms in total. The van der Waals surface area contributed by atoms with Crippen LogP contribution in [0.4, 0.5) is 0 Å². The highest BCUT2D eigenvalue weighted by atomic mass is 32.1. The number of fused-ring (bicyclic) bond motifs is 10. The maximum absolute atomic E-state index is 5.26. The summed E-state index contributed by atoms with van der Waals surface area (Å²) in [7, 11) is 0. The molecule has 0 amide bonds. The Balaban J connectivity index is 0.945. The average Bonchev–Trinajstić information content (AvgIpc) is 4.05. The molecule has 5 aromatic heterocycles. The van der Waals surface area contributed by atoms with Gasteiger partial charge in [0.25, 0.3) is 0 Å². The van der Waals surface area contributed by atoms with Gasteiger partial charge in [0.15, 0.2) is 5.82 Å². The van der Waals surface area contributed by atoms with Crippen molar-refractivity contribution in [2.75, 3.05) is 0 Å². The minimum Gasteiger partial charge on any atom is -0.309 e. The molecule has 0 aliphatic rings. The molecule has 0 saturated heterocycles. The van der Waals surface area contributed by atoms with Crippen molar-refractivity contribution < 1.29 is 0 Å². The number of para-hydroxylation sites is 2. The molecule has 312 valence electrons. The zero-order valence-electron chi connectivity index (χ0n) is 36.0. The van der Waals surface area contributed by atoms with Crippen LogP contribution in [-0.2, 0) is 0 Å². The topological polar surface area (TPSA) is 48.5 Å². The summed E-state index contributed by atoms with van der Waals surface area (Å²) in [4.78, 5) is 14.8. The van der Waals surface area contributed by atoms with Crippen LogP contribution in [0, 0.1) is 0 Å². The number of hydrogen-bond acceptors (Lipinski definition) is 4. The Morgan fingerprint density at radius 1 is 0.358 bits per heavy atom. The molecule has 6 heteroatoms.